The van der Waals surface area contributed by atoms with Crippen molar-refractivity contribution in [2.45, 2.75) is 31.9 Å². The molecule has 2 aromatic carbocycles. The highest BCUT2D eigenvalue weighted by Crippen LogP contribution is 2.19. The first kappa shape index (κ1) is 15.8. The first-order chi connectivity index (χ1) is 9.97. The van der Waals surface area contributed by atoms with Crippen molar-refractivity contribution in [2.24, 2.45) is 4.40 Å². The van der Waals surface area contributed by atoms with Crippen LogP contribution in [0.2, 0.25) is 0 Å². The monoisotopic (exact) mass is 299 g/mol. The Kier molecular flexibility index (Phi) is 5.21. The number of benzene rings is 2. The Morgan fingerprint density at radius 3 is 2.10 bits per heavy atom. The van der Waals surface area contributed by atoms with Crippen LogP contribution in [0.3, 0.4) is 0 Å². The summed E-state index contributed by atoms with van der Waals surface area (Å²) in [5, 5.41) is 0. The van der Waals surface area contributed by atoms with Gasteiger partial charge in [0.1, 0.15) is 16.1 Å². The lowest BCUT2D eigenvalue weighted by molar-refractivity contribution is 0.561. The maximum absolute atomic E-state index is 11.8. The van der Waals surface area contributed by atoms with Crippen molar-refractivity contribution in [3.05, 3.63) is 60.2 Å². The van der Waals surface area contributed by atoms with Crippen LogP contribution in [-0.2, 0) is 17.8 Å². The van der Waals surface area contributed by atoms with Crippen LogP contribution in [0, 0.1) is 0 Å². The summed E-state index contributed by atoms with van der Waals surface area (Å²) < 4.78 is 15.6. The highest BCUT2D eigenvalue weighted by molar-refractivity contribution is 7.91. The van der Waals surface area contributed by atoms with E-state index in [1.165, 1.54) is 16.7 Å². The first-order valence-corrected chi connectivity index (χ1v) is 8.16. The smallest absolute Gasteiger partial charge is 0.144 e. The lowest BCUT2D eigenvalue weighted by Crippen LogP contribution is -2.25. The summed E-state index contributed by atoms with van der Waals surface area (Å²) in [5.74, 6) is 0. The molecule has 0 aliphatic carbocycles. The lowest BCUT2D eigenvalue weighted by atomic mass is 10.0. The van der Waals surface area contributed by atoms with E-state index in [0.29, 0.717) is 6.42 Å². The van der Waals surface area contributed by atoms with Crippen molar-refractivity contribution in [3.63, 3.8) is 0 Å². The van der Waals surface area contributed by atoms with Gasteiger partial charge in [-0.05, 0) is 37.5 Å². The van der Waals surface area contributed by atoms with Gasteiger partial charge in [0.25, 0.3) is 0 Å². The third kappa shape index (κ3) is 4.73. The van der Waals surface area contributed by atoms with Gasteiger partial charge in [-0.2, -0.15) is 0 Å². The van der Waals surface area contributed by atoms with Crippen LogP contribution in [0.5, 0.6) is 0 Å². The molecule has 0 amide bonds. The van der Waals surface area contributed by atoms with Gasteiger partial charge < -0.3 is 4.55 Å². The largest absolute Gasteiger partial charge is 0.591 e. The van der Waals surface area contributed by atoms with E-state index in [0.717, 1.165) is 0 Å². The molecular weight excluding hydrogens is 278 g/mol. The fraction of sp³-hybridized carbons (Fsp3) is 0.278. The molecule has 0 N–H and O–H groups in total. The molecule has 0 bridgehead atoms. The van der Waals surface area contributed by atoms with Crippen LogP contribution in [0.1, 0.15) is 26.3 Å². The van der Waals surface area contributed by atoms with E-state index in [4.69, 9.17) is 0 Å². The third-order valence-electron chi connectivity index (χ3n) is 3.08. The number of hydrogen-bond donors (Lipinski definition) is 0. The average Bonchev–Trinajstić information content (AvgIpc) is 2.48. The van der Waals surface area contributed by atoms with E-state index in [1.54, 1.807) is 6.21 Å². The molecule has 0 saturated carbocycles. The number of nitrogens with zero attached hydrogens (tertiary/aromatic N) is 1. The predicted molar refractivity (Wildman–Crippen MR) is 92.0 cm³/mol. The quantitative estimate of drug-likeness (QED) is 0.607. The SMILES string of the molecule is CC(C)(C)[S+]([O-])/N=C/Cc1ccc(-c2ccccc2)cc1. The van der Waals surface area contributed by atoms with Crippen LogP contribution in [0.15, 0.2) is 59.0 Å². The molecule has 2 aromatic rings. The highest BCUT2D eigenvalue weighted by atomic mass is 32.2. The molecule has 1 atom stereocenters. The molecule has 0 fully saturated rings. The second kappa shape index (κ2) is 6.92. The number of rotatable bonds is 4. The van der Waals surface area contributed by atoms with Crippen molar-refractivity contribution in [1.29, 1.82) is 0 Å². The second-order valence-corrected chi connectivity index (χ2v) is 7.85. The topological polar surface area (TPSA) is 35.4 Å². The molecule has 0 spiro atoms. The van der Waals surface area contributed by atoms with E-state index in [2.05, 4.69) is 40.8 Å². The zero-order chi connectivity index (χ0) is 15.3. The Bertz CT molecular complexity index is 585. The molecule has 0 aliphatic rings. The Morgan fingerprint density at radius 1 is 0.952 bits per heavy atom. The van der Waals surface area contributed by atoms with Gasteiger partial charge in [-0.1, -0.05) is 59.0 Å². The molecule has 0 radical (unpaired) electrons. The van der Waals surface area contributed by atoms with Crippen LogP contribution in [-0.4, -0.2) is 15.5 Å². The molecule has 0 saturated heterocycles. The first-order valence-electron chi connectivity index (χ1n) is 7.06. The zero-order valence-electron chi connectivity index (χ0n) is 12.7. The molecule has 0 aromatic heterocycles. The van der Waals surface area contributed by atoms with Gasteiger partial charge >= 0.3 is 0 Å². The molecular formula is C18H21NOS. The average molecular weight is 299 g/mol. The van der Waals surface area contributed by atoms with Gasteiger partial charge in [0.05, 0.1) is 6.21 Å². The Hall–Kier alpha value is -1.58. The van der Waals surface area contributed by atoms with Gasteiger partial charge in [0.2, 0.25) is 0 Å². The maximum Gasteiger partial charge on any atom is 0.144 e. The van der Waals surface area contributed by atoms with Crippen molar-refractivity contribution < 1.29 is 4.55 Å². The summed E-state index contributed by atoms with van der Waals surface area (Å²) in [7, 11) is 0. The van der Waals surface area contributed by atoms with Crippen LogP contribution in [0.4, 0.5) is 0 Å². The van der Waals surface area contributed by atoms with Gasteiger partial charge in [0.15, 0.2) is 0 Å². The summed E-state index contributed by atoms with van der Waals surface area (Å²) in [6.07, 6.45) is 2.45. The minimum Gasteiger partial charge on any atom is -0.591 e. The second-order valence-electron chi connectivity index (χ2n) is 5.92. The van der Waals surface area contributed by atoms with Gasteiger partial charge in [0, 0.05) is 6.42 Å². The molecule has 0 aliphatic heterocycles. The predicted octanol–water partition coefficient (Wildman–Crippen LogP) is 4.43. The van der Waals surface area contributed by atoms with Crippen molar-refractivity contribution in [3.8, 4) is 11.1 Å². The summed E-state index contributed by atoms with van der Waals surface area (Å²) in [5.41, 5.74) is 3.59. The van der Waals surface area contributed by atoms with Crippen LogP contribution >= 0.6 is 0 Å². The molecule has 0 heterocycles. The lowest BCUT2D eigenvalue weighted by Gasteiger charge is -2.17. The minimum atomic E-state index is -1.18. The van der Waals surface area contributed by atoms with Gasteiger partial charge in [-0.3, -0.25) is 0 Å². The molecule has 21 heavy (non-hydrogen) atoms. The fourth-order valence-electron chi connectivity index (χ4n) is 1.83. The van der Waals surface area contributed by atoms with Crippen molar-refractivity contribution in [1.82, 2.24) is 0 Å². The molecule has 2 nitrogen and oxygen atoms in total. The summed E-state index contributed by atoms with van der Waals surface area (Å²) in [6.45, 7) is 5.78. The van der Waals surface area contributed by atoms with Crippen LogP contribution < -0.4 is 0 Å². The molecule has 110 valence electrons. The highest BCUT2D eigenvalue weighted by Gasteiger charge is 2.25. The van der Waals surface area contributed by atoms with E-state index in [1.807, 2.05) is 39.0 Å². The Balaban J connectivity index is 1.99. The molecule has 3 heteroatoms. The summed E-state index contributed by atoms with van der Waals surface area (Å²) in [6, 6.07) is 18.7. The molecule has 2 rings (SSSR count). The van der Waals surface area contributed by atoms with E-state index >= 15 is 0 Å². The van der Waals surface area contributed by atoms with Crippen molar-refractivity contribution >= 4 is 17.6 Å². The van der Waals surface area contributed by atoms with E-state index < -0.39 is 11.4 Å². The zero-order valence-corrected chi connectivity index (χ0v) is 13.6. The van der Waals surface area contributed by atoms with Gasteiger partial charge in [-0.15, -0.1) is 0 Å². The normalized spacial score (nSPS) is 13.5. The van der Waals surface area contributed by atoms with Crippen molar-refractivity contribution in [2.75, 3.05) is 0 Å². The van der Waals surface area contributed by atoms with E-state index in [-0.39, 0.29) is 4.75 Å². The maximum atomic E-state index is 11.8. The fourth-order valence-corrected chi connectivity index (χ4v) is 2.36. The summed E-state index contributed by atoms with van der Waals surface area (Å²) >= 11 is -1.18. The third-order valence-corrected chi connectivity index (χ3v) is 4.47. The van der Waals surface area contributed by atoms with Gasteiger partial charge in [-0.25, -0.2) is 0 Å². The molecule has 1 unspecified atom stereocenters. The summed E-state index contributed by atoms with van der Waals surface area (Å²) in [4.78, 5) is 0. The minimum absolute atomic E-state index is 0.298. The standard InChI is InChI=1S/C18H21NOS/c1-18(2,3)21(20)19-14-13-15-9-11-17(12-10-15)16-7-5-4-6-8-16/h4-12,14H,13H2,1-3H3/b19-14+. The Labute approximate surface area is 130 Å². The van der Waals surface area contributed by atoms with E-state index in [9.17, 15) is 4.55 Å². The van der Waals surface area contributed by atoms with Crippen LogP contribution in [0.25, 0.3) is 11.1 Å². The Morgan fingerprint density at radius 2 is 1.52 bits per heavy atom. The number of hydrogen-bond acceptors (Lipinski definition) is 2.